The number of halogens is 1. The Morgan fingerprint density at radius 2 is 1.85 bits per heavy atom. The predicted molar refractivity (Wildman–Crippen MR) is 118 cm³/mol. The maximum absolute atomic E-state index is 5.78. The standard InChI is InChI=1S/C20H28N4O.HI/c1-15(2)16(3)24-20(21-4)23-13-18-10-11-22-19(12-18)25-14-17-8-6-5-7-9-17;/h5-12,15-16H,13-14H2,1-4H3,(H2,21,23,24);1H. The van der Waals surface area contributed by atoms with Crippen LogP contribution in [0.2, 0.25) is 0 Å². The Morgan fingerprint density at radius 1 is 1.12 bits per heavy atom. The molecule has 2 rings (SSSR count). The highest BCUT2D eigenvalue weighted by Crippen LogP contribution is 2.11. The lowest BCUT2D eigenvalue weighted by molar-refractivity contribution is 0.293. The number of aliphatic imine (C=N–C) groups is 1. The second-order valence-electron chi connectivity index (χ2n) is 6.38. The third kappa shape index (κ3) is 7.59. The van der Waals surface area contributed by atoms with E-state index in [9.17, 15) is 0 Å². The lowest BCUT2D eigenvalue weighted by Gasteiger charge is -2.20. The SMILES string of the molecule is CN=C(NCc1ccnc(OCc2ccccc2)c1)NC(C)C(C)C.I. The van der Waals surface area contributed by atoms with Crippen LogP contribution < -0.4 is 15.4 Å². The molecular formula is C20H29IN4O. The Bertz CT molecular complexity index is 677. The predicted octanol–water partition coefficient (Wildman–Crippen LogP) is 3.99. The zero-order chi connectivity index (χ0) is 18.1. The first-order valence-corrected chi connectivity index (χ1v) is 8.67. The fourth-order valence-corrected chi connectivity index (χ4v) is 2.13. The van der Waals surface area contributed by atoms with Gasteiger partial charge in [0.05, 0.1) is 0 Å². The van der Waals surface area contributed by atoms with Gasteiger partial charge >= 0.3 is 0 Å². The number of hydrogen-bond acceptors (Lipinski definition) is 3. The molecule has 0 aliphatic heterocycles. The van der Waals surface area contributed by atoms with Crippen LogP contribution in [0.1, 0.15) is 31.9 Å². The van der Waals surface area contributed by atoms with Crippen LogP contribution in [0.15, 0.2) is 53.7 Å². The molecule has 142 valence electrons. The first-order chi connectivity index (χ1) is 12.1. The number of rotatable bonds is 7. The van der Waals surface area contributed by atoms with Crippen LogP contribution in [0.4, 0.5) is 0 Å². The third-order valence-corrected chi connectivity index (χ3v) is 4.08. The molecule has 0 aliphatic carbocycles. The van der Waals surface area contributed by atoms with Gasteiger partial charge in [-0.1, -0.05) is 44.2 Å². The van der Waals surface area contributed by atoms with Crippen molar-refractivity contribution in [3.8, 4) is 5.88 Å². The number of aromatic nitrogens is 1. The topological polar surface area (TPSA) is 58.5 Å². The number of guanidine groups is 1. The number of benzene rings is 1. The summed E-state index contributed by atoms with van der Waals surface area (Å²) in [6.07, 6.45) is 1.77. The quantitative estimate of drug-likeness (QED) is 0.367. The summed E-state index contributed by atoms with van der Waals surface area (Å²) in [4.78, 5) is 8.55. The number of pyridine rings is 1. The van der Waals surface area contributed by atoms with E-state index in [1.54, 1.807) is 13.2 Å². The Morgan fingerprint density at radius 3 is 2.50 bits per heavy atom. The zero-order valence-corrected chi connectivity index (χ0v) is 18.2. The molecule has 1 unspecified atom stereocenters. The Balaban J connectivity index is 0.00000338. The van der Waals surface area contributed by atoms with Gasteiger partial charge in [0.1, 0.15) is 6.61 Å². The van der Waals surface area contributed by atoms with Crippen molar-refractivity contribution in [1.82, 2.24) is 15.6 Å². The molecule has 1 heterocycles. The molecule has 0 radical (unpaired) electrons. The molecule has 5 nitrogen and oxygen atoms in total. The molecule has 0 bridgehead atoms. The van der Waals surface area contributed by atoms with E-state index < -0.39 is 0 Å². The molecular weight excluding hydrogens is 439 g/mol. The van der Waals surface area contributed by atoms with Gasteiger partial charge in [-0.25, -0.2) is 4.98 Å². The zero-order valence-electron chi connectivity index (χ0n) is 15.9. The summed E-state index contributed by atoms with van der Waals surface area (Å²) in [6.45, 7) is 7.70. The van der Waals surface area contributed by atoms with E-state index in [1.807, 2.05) is 42.5 Å². The minimum Gasteiger partial charge on any atom is -0.473 e. The second kappa shape index (κ2) is 11.7. The van der Waals surface area contributed by atoms with Gasteiger partial charge in [-0.05, 0) is 30.0 Å². The van der Waals surface area contributed by atoms with Crippen LogP contribution >= 0.6 is 24.0 Å². The molecule has 1 atom stereocenters. The lowest BCUT2D eigenvalue weighted by atomic mass is 10.1. The monoisotopic (exact) mass is 468 g/mol. The molecule has 0 amide bonds. The largest absolute Gasteiger partial charge is 0.473 e. The molecule has 26 heavy (non-hydrogen) atoms. The van der Waals surface area contributed by atoms with Crippen molar-refractivity contribution in [1.29, 1.82) is 0 Å². The van der Waals surface area contributed by atoms with Gasteiger partial charge in [0.2, 0.25) is 5.88 Å². The van der Waals surface area contributed by atoms with Crippen molar-refractivity contribution < 1.29 is 4.74 Å². The van der Waals surface area contributed by atoms with Crippen LogP contribution in [-0.2, 0) is 13.2 Å². The summed E-state index contributed by atoms with van der Waals surface area (Å²) in [5.74, 6) is 1.96. The fourth-order valence-electron chi connectivity index (χ4n) is 2.13. The summed E-state index contributed by atoms with van der Waals surface area (Å²) >= 11 is 0. The van der Waals surface area contributed by atoms with Crippen molar-refractivity contribution in [3.05, 3.63) is 59.8 Å². The molecule has 0 fully saturated rings. The van der Waals surface area contributed by atoms with Crippen LogP contribution in [0, 0.1) is 5.92 Å². The molecule has 2 aromatic rings. The van der Waals surface area contributed by atoms with Crippen molar-refractivity contribution >= 4 is 29.9 Å². The third-order valence-electron chi connectivity index (χ3n) is 4.08. The Labute approximate surface area is 173 Å². The van der Waals surface area contributed by atoms with Crippen LogP contribution in [0.5, 0.6) is 5.88 Å². The first kappa shape index (κ1) is 22.2. The van der Waals surface area contributed by atoms with Gasteiger partial charge < -0.3 is 15.4 Å². The molecule has 2 N–H and O–H groups in total. The van der Waals surface area contributed by atoms with Crippen LogP contribution in [0.25, 0.3) is 0 Å². The lowest BCUT2D eigenvalue weighted by Crippen LogP contribution is -2.43. The number of nitrogens with one attached hydrogen (secondary N) is 2. The molecule has 1 aromatic heterocycles. The average molecular weight is 468 g/mol. The van der Waals surface area contributed by atoms with Crippen molar-refractivity contribution in [2.75, 3.05) is 7.05 Å². The van der Waals surface area contributed by atoms with Crippen LogP contribution in [-0.4, -0.2) is 24.0 Å². The highest BCUT2D eigenvalue weighted by atomic mass is 127. The van der Waals surface area contributed by atoms with Crippen molar-refractivity contribution in [2.24, 2.45) is 10.9 Å². The van der Waals surface area contributed by atoms with E-state index in [0.717, 1.165) is 17.1 Å². The minimum atomic E-state index is 0. The second-order valence-corrected chi connectivity index (χ2v) is 6.38. The fraction of sp³-hybridized carbons (Fsp3) is 0.400. The summed E-state index contributed by atoms with van der Waals surface area (Å²) in [5.41, 5.74) is 2.22. The molecule has 1 aromatic carbocycles. The van der Waals surface area contributed by atoms with Gasteiger partial charge in [0.25, 0.3) is 0 Å². The minimum absolute atomic E-state index is 0. The molecule has 6 heteroatoms. The average Bonchev–Trinajstić information content (AvgIpc) is 2.64. The summed E-state index contributed by atoms with van der Waals surface area (Å²) in [5, 5.41) is 6.72. The van der Waals surface area contributed by atoms with E-state index in [1.165, 1.54) is 0 Å². The van der Waals surface area contributed by atoms with Crippen molar-refractivity contribution in [2.45, 2.75) is 40.0 Å². The van der Waals surface area contributed by atoms with E-state index >= 15 is 0 Å². The maximum atomic E-state index is 5.78. The Hall–Kier alpha value is -1.83. The van der Waals surface area contributed by atoms with E-state index in [2.05, 4.69) is 41.4 Å². The summed E-state index contributed by atoms with van der Waals surface area (Å²) in [7, 11) is 1.78. The van der Waals surface area contributed by atoms with Crippen LogP contribution in [0.3, 0.4) is 0 Å². The molecule has 0 spiro atoms. The highest BCUT2D eigenvalue weighted by Gasteiger charge is 2.09. The summed E-state index contributed by atoms with van der Waals surface area (Å²) in [6, 6.07) is 14.4. The molecule has 0 saturated carbocycles. The number of hydrogen-bond donors (Lipinski definition) is 2. The van der Waals surface area contributed by atoms with Gasteiger partial charge in [-0.2, -0.15) is 0 Å². The first-order valence-electron chi connectivity index (χ1n) is 8.67. The maximum Gasteiger partial charge on any atom is 0.213 e. The number of nitrogens with zero attached hydrogens (tertiary/aromatic N) is 2. The van der Waals surface area contributed by atoms with Gasteiger partial charge in [0.15, 0.2) is 5.96 Å². The van der Waals surface area contributed by atoms with Gasteiger partial charge in [-0.15, -0.1) is 24.0 Å². The normalized spacial score (nSPS) is 12.3. The highest BCUT2D eigenvalue weighted by molar-refractivity contribution is 14.0. The Kier molecular flexibility index (Phi) is 10.0. The van der Waals surface area contributed by atoms with E-state index in [4.69, 9.17) is 4.74 Å². The number of ether oxygens (including phenoxy) is 1. The molecule has 0 saturated heterocycles. The smallest absolute Gasteiger partial charge is 0.213 e. The van der Waals surface area contributed by atoms with E-state index in [0.29, 0.717) is 31.0 Å². The van der Waals surface area contributed by atoms with Crippen molar-refractivity contribution in [3.63, 3.8) is 0 Å². The molecule has 0 aliphatic rings. The van der Waals surface area contributed by atoms with Gasteiger partial charge in [-0.3, -0.25) is 4.99 Å². The summed E-state index contributed by atoms with van der Waals surface area (Å²) < 4.78 is 5.78. The van der Waals surface area contributed by atoms with Gasteiger partial charge in [0, 0.05) is 31.9 Å². The van der Waals surface area contributed by atoms with E-state index in [-0.39, 0.29) is 24.0 Å².